The minimum absolute atomic E-state index is 0.0144. The van der Waals surface area contributed by atoms with E-state index < -0.39 is 5.91 Å². The molecule has 2 aromatic rings. The number of hydrazine groups is 1. The van der Waals surface area contributed by atoms with E-state index in [0.29, 0.717) is 15.6 Å². The van der Waals surface area contributed by atoms with Crippen LogP contribution in [0.1, 0.15) is 15.9 Å². The number of carbonyl (C=O) groups is 2. The molecule has 0 saturated heterocycles. The molecule has 0 atom stereocenters. The highest BCUT2D eigenvalue weighted by Crippen LogP contribution is 2.10. The number of carbonyl (C=O) groups excluding carboxylic acids is 2. The maximum absolute atomic E-state index is 11.9. The fourth-order valence-corrected chi connectivity index (χ4v) is 2.16. The molecule has 0 heterocycles. The van der Waals surface area contributed by atoms with Gasteiger partial charge >= 0.3 is 0 Å². The Bertz CT molecular complexity index is 749. The first kappa shape index (κ1) is 18.2. The minimum atomic E-state index is -0.406. The van der Waals surface area contributed by atoms with Crippen molar-refractivity contribution >= 4 is 52.3 Å². The van der Waals surface area contributed by atoms with Crippen molar-refractivity contribution in [1.29, 1.82) is 0 Å². The molecule has 0 bridgehead atoms. The average Bonchev–Trinajstić information content (AvgIpc) is 2.55. The van der Waals surface area contributed by atoms with Crippen LogP contribution in [0.25, 0.3) is 0 Å². The normalized spacial score (nSPS) is 9.92. The molecule has 2 amide bonds. The van der Waals surface area contributed by atoms with Crippen molar-refractivity contribution in [3.63, 3.8) is 0 Å². The maximum Gasteiger partial charge on any atom is 0.257 e. The highest BCUT2D eigenvalue weighted by atomic mass is 35.5. The first-order valence-corrected chi connectivity index (χ1v) is 8.00. The Morgan fingerprint density at radius 2 is 1.42 bits per heavy atom. The molecule has 0 aromatic heterocycles. The van der Waals surface area contributed by atoms with Gasteiger partial charge in [-0.15, -0.1) is 0 Å². The standard InChI is InChI=1S/C16H13Cl2N3O2S/c17-12-5-1-10(2-6-12)9-14(22)20-21-16(24)19-15(23)11-3-7-13(18)8-4-11/h1-8H,9H2,(H,20,22)(H2,19,21,23,24). The van der Waals surface area contributed by atoms with Crippen molar-refractivity contribution < 1.29 is 9.59 Å². The van der Waals surface area contributed by atoms with Crippen LogP contribution in [-0.4, -0.2) is 16.9 Å². The fraction of sp³-hybridized carbons (Fsp3) is 0.0625. The largest absolute Gasteiger partial charge is 0.298 e. The smallest absolute Gasteiger partial charge is 0.257 e. The van der Waals surface area contributed by atoms with Crippen molar-refractivity contribution in [2.75, 3.05) is 0 Å². The van der Waals surface area contributed by atoms with Crippen molar-refractivity contribution in [3.8, 4) is 0 Å². The lowest BCUT2D eigenvalue weighted by molar-refractivity contribution is -0.121. The average molecular weight is 382 g/mol. The Morgan fingerprint density at radius 1 is 0.875 bits per heavy atom. The van der Waals surface area contributed by atoms with Crippen LogP contribution in [0.2, 0.25) is 10.0 Å². The van der Waals surface area contributed by atoms with Crippen LogP contribution in [0.4, 0.5) is 0 Å². The summed E-state index contributed by atoms with van der Waals surface area (Å²) in [6, 6.07) is 13.2. The third-order valence-electron chi connectivity index (χ3n) is 2.93. The summed E-state index contributed by atoms with van der Waals surface area (Å²) in [4.78, 5) is 23.7. The lowest BCUT2D eigenvalue weighted by Gasteiger charge is -2.11. The van der Waals surface area contributed by atoms with Crippen molar-refractivity contribution in [1.82, 2.24) is 16.2 Å². The van der Waals surface area contributed by atoms with Gasteiger partial charge in [0.05, 0.1) is 6.42 Å². The molecule has 124 valence electrons. The summed E-state index contributed by atoms with van der Waals surface area (Å²) < 4.78 is 0. The number of rotatable bonds is 3. The number of nitrogens with one attached hydrogen (secondary N) is 3. The number of halogens is 2. The van der Waals surface area contributed by atoms with E-state index in [4.69, 9.17) is 35.4 Å². The predicted molar refractivity (Wildman–Crippen MR) is 98.0 cm³/mol. The van der Waals surface area contributed by atoms with Crippen LogP contribution in [0.3, 0.4) is 0 Å². The highest BCUT2D eigenvalue weighted by Gasteiger charge is 2.09. The molecule has 0 unspecified atom stereocenters. The summed E-state index contributed by atoms with van der Waals surface area (Å²) in [6.07, 6.45) is 0.151. The Morgan fingerprint density at radius 3 is 2.00 bits per heavy atom. The molecule has 0 aliphatic heterocycles. The van der Waals surface area contributed by atoms with Gasteiger partial charge in [0.1, 0.15) is 0 Å². The van der Waals surface area contributed by atoms with Gasteiger partial charge in [0.15, 0.2) is 5.11 Å². The summed E-state index contributed by atoms with van der Waals surface area (Å²) >= 11 is 16.5. The van der Waals surface area contributed by atoms with Gasteiger partial charge in [0.2, 0.25) is 5.91 Å². The Labute approximate surface area is 154 Å². The summed E-state index contributed by atoms with van der Waals surface area (Å²) in [6.45, 7) is 0. The van der Waals surface area contributed by atoms with E-state index in [0.717, 1.165) is 5.56 Å². The number of amides is 2. The zero-order valence-corrected chi connectivity index (χ0v) is 14.6. The minimum Gasteiger partial charge on any atom is -0.298 e. The summed E-state index contributed by atoms with van der Waals surface area (Å²) in [5.74, 6) is -0.712. The molecule has 3 N–H and O–H groups in total. The molecule has 24 heavy (non-hydrogen) atoms. The molecule has 8 heteroatoms. The molecule has 0 radical (unpaired) electrons. The SMILES string of the molecule is O=C(Cc1ccc(Cl)cc1)NNC(=S)NC(=O)c1ccc(Cl)cc1. The second kappa shape index (κ2) is 8.63. The van der Waals surface area contributed by atoms with E-state index in [2.05, 4.69) is 16.2 Å². The number of thiocarbonyl (C=S) groups is 1. The van der Waals surface area contributed by atoms with Gasteiger partial charge in [-0.25, -0.2) is 0 Å². The van der Waals surface area contributed by atoms with E-state index in [1.165, 1.54) is 0 Å². The van der Waals surface area contributed by atoms with Gasteiger partial charge < -0.3 is 0 Å². The van der Waals surface area contributed by atoms with Gasteiger partial charge in [-0.05, 0) is 54.2 Å². The van der Waals surface area contributed by atoms with Crippen LogP contribution >= 0.6 is 35.4 Å². The molecule has 0 fully saturated rings. The molecule has 0 aliphatic rings. The van der Waals surface area contributed by atoms with E-state index in [1.807, 2.05) is 0 Å². The van der Waals surface area contributed by atoms with E-state index in [1.54, 1.807) is 48.5 Å². The lowest BCUT2D eigenvalue weighted by atomic mass is 10.1. The van der Waals surface area contributed by atoms with Crippen molar-refractivity contribution in [3.05, 3.63) is 69.7 Å². The second-order valence-electron chi connectivity index (χ2n) is 4.77. The zero-order chi connectivity index (χ0) is 17.5. The van der Waals surface area contributed by atoms with Gasteiger partial charge in [0, 0.05) is 15.6 Å². The third kappa shape index (κ3) is 5.81. The van der Waals surface area contributed by atoms with Crippen LogP contribution in [-0.2, 0) is 11.2 Å². The summed E-state index contributed by atoms with van der Waals surface area (Å²) in [7, 11) is 0. The Hall–Kier alpha value is -2.15. The molecule has 2 rings (SSSR count). The quantitative estimate of drug-likeness (QED) is 0.564. The van der Waals surface area contributed by atoms with Crippen LogP contribution in [0.15, 0.2) is 48.5 Å². The predicted octanol–water partition coefficient (Wildman–Crippen LogP) is 2.87. The summed E-state index contributed by atoms with van der Waals surface area (Å²) in [5, 5.41) is 3.56. The van der Waals surface area contributed by atoms with Gasteiger partial charge in [-0.1, -0.05) is 35.3 Å². The number of hydrogen-bond donors (Lipinski definition) is 3. The molecular formula is C16H13Cl2N3O2S. The summed E-state index contributed by atoms with van der Waals surface area (Å²) in [5.41, 5.74) is 6.09. The first-order valence-electron chi connectivity index (χ1n) is 6.84. The number of hydrogen-bond acceptors (Lipinski definition) is 3. The molecular weight excluding hydrogens is 369 g/mol. The number of benzene rings is 2. The second-order valence-corrected chi connectivity index (χ2v) is 6.05. The van der Waals surface area contributed by atoms with E-state index >= 15 is 0 Å². The molecule has 2 aromatic carbocycles. The third-order valence-corrected chi connectivity index (χ3v) is 3.63. The first-order chi connectivity index (χ1) is 11.4. The fourth-order valence-electron chi connectivity index (χ4n) is 1.77. The van der Waals surface area contributed by atoms with Crippen LogP contribution in [0, 0.1) is 0 Å². The van der Waals surface area contributed by atoms with Crippen LogP contribution < -0.4 is 16.2 Å². The van der Waals surface area contributed by atoms with E-state index in [-0.39, 0.29) is 17.4 Å². The molecule has 5 nitrogen and oxygen atoms in total. The molecule has 0 aliphatic carbocycles. The maximum atomic E-state index is 11.9. The Kier molecular flexibility index (Phi) is 6.54. The molecule has 0 spiro atoms. The van der Waals surface area contributed by atoms with E-state index in [9.17, 15) is 9.59 Å². The van der Waals surface area contributed by atoms with Crippen LogP contribution in [0.5, 0.6) is 0 Å². The zero-order valence-electron chi connectivity index (χ0n) is 12.3. The Balaban J connectivity index is 1.78. The lowest BCUT2D eigenvalue weighted by Crippen LogP contribution is -2.48. The van der Waals surface area contributed by atoms with Gasteiger partial charge in [-0.3, -0.25) is 25.8 Å². The molecule has 0 saturated carbocycles. The topological polar surface area (TPSA) is 70.2 Å². The monoisotopic (exact) mass is 381 g/mol. The van der Waals surface area contributed by atoms with Gasteiger partial charge in [0.25, 0.3) is 5.91 Å². The van der Waals surface area contributed by atoms with Crippen molar-refractivity contribution in [2.45, 2.75) is 6.42 Å². The highest BCUT2D eigenvalue weighted by molar-refractivity contribution is 7.80. The van der Waals surface area contributed by atoms with Crippen molar-refractivity contribution in [2.24, 2.45) is 0 Å². The van der Waals surface area contributed by atoms with Gasteiger partial charge in [-0.2, -0.15) is 0 Å².